The molecule has 0 saturated heterocycles. The highest BCUT2D eigenvalue weighted by Gasteiger charge is 2.20. The molecule has 0 aliphatic heterocycles. The van der Waals surface area contributed by atoms with E-state index >= 15 is 0 Å². The standard InChI is InChI=1S/C11H16BrNS2/c12-11-4-3-10(15-11)7-13-5-6-14-8-9-1-2-9/h3-4,9,13H,1-2,5-8H2. The van der Waals surface area contributed by atoms with Crippen LogP contribution in [0.2, 0.25) is 0 Å². The zero-order valence-electron chi connectivity index (χ0n) is 8.67. The van der Waals surface area contributed by atoms with Gasteiger partial charge in [-0.25, -0.2) is 0 Å². The summed E-state index contributed by atoms with van der Waals surface area (Å²) >= 11 is 7.39. The van der Waals surface area contributed by atoms with Crippen molar-refractivity contribution in [3.63, 3.8) is 0 Å². The number of halogens is 1. The van der Waals surface area contributed by atoms with Crippen molar-refractivity contribution < 1.29 is 0 Å². The van der Waals surface area contributed by atoms with Crippen LogP contribution >= 0.6 is 39.0 Å². The molecule has 0 amide bonds. The van der Waals surface area contributed by atoms with Crippen LogP contribution in [-0.4, -0.2) is 18.1 Å². The van der Waals surface area contributed by atoms with E-state index in [4.69, 9.17) is 0 Å². The summed E-state index contributed by atoms with van der Waals surface area (Å²) in [5.41, 5.74) is 0. The molecule has 1 nitrogen and oxygen atoms in total. The SMILES string of the molecule is Brc1ccc(CNCCSCC2CC2)s1. The van der Waals surface area contributed by atoms with E-state index in [1.54, 1.807) is 0 Å². The molecule has 1 heterocycles. The van der Waals surface area contributed by atoms with Crippen molar-refractivity contribution in [3.05, 3.63) is 20.8 Å². The number of nitrogens with one attached hydrogen (secondary N) is 1. The second-order valence-electron chi connectivity index (χ2n) is 3.90. The van der Waals surface area contributed by atoms with Gasteiger partial charge in [0.2, 0.25) is 0 Å². The summed E-state index contributed by atoms with van der Waals surface area (Å²) in [5.74, 6) is 3.69. The van der Waals surface area contributed by atoms with Crippen LogP contribution in [0.1, 0.15) is 17.7 Å². The van der Waals surface area contributed by atoms with Crippen LogP contribution in [0.3, 0.4) is 0 Å². The first-order valence-electron chi connectivity index (χ1n) is 5.37. The molecule has 2 rings (SSSR count). The van der Waals surface area contributed by atoms with Gasteiger partial charge in [0.25, 0.3) is 0 Å². The van der Waals surface area contributed by atoms with E-state index in [1.165, 1.54) is 33.0 Å². The summed E-state index contributed by atoms with van der Waals surface area (Å²) in [4.78, 5) is 1.41. The lowest BCUT2D eigenvalue weighted by atomic mass is 10.4. The maximum absolute atomic E-state index is 3.48. The molecular weight excluding hydrogens is 290 g/mol. The van der Waals surface area contributed by atoms with E-state index in [9.17, 15) is 0 Å². The minimum atomic E-state index is 1.01. The highest BCUT2D eigenvalue weighted by Crippen LogP contribution is 2.32. The number of thioether (sulfide) groups is 1. The molecule has 84 valence electrons. The molecule has 0 bridgehead atoms. The summed E-state index contributed by atoms with van der Waals surface area (Å²) in [6.07, 6.45) is 2.95. The molecule has 1 saturated carbocycles. The third kappa shape index (κ3) is 4.89. The highest BCUT2D eigenvalue weighted by atomic mass is 79.9. The topological polar surface area (TPSA) is 12.0 Å². The van der Waals surface area contributed by atoms with Gasteiger partial charge in [0, 0.05) is 23.7 Å². The lowest BCUT2D eigenvalue weighted by Crippen LogP contribution is -2.15. The second-order valence-corrected chi connectivity index (χ2v) is 7.60. The fourth-order valence-electron chi connectivity index (χ4n) is 1.34. The Bertz CT molecular complexity index is 297. The molecule has 0 spiro atoms. The van der Waals surface area contributed by atoms with Gasteiger partial charge in [-0.3, -0.25) is 0 Å². The van der Waals surface area contributed by atoms with Gasteiger partial charge < -0.3 is 5.32 Å². The molecule has 0 atom stereocenters. The van der Waals surface area contributed by atoms with E-state index in [0.717, 1.165) is 19.0 Å². The second kappa shape index (κ2) is 6.28. The van der Waals surface area contributed by atoms with Crippen molar-refractivity contribution in [2.24, 2.45) is 5.92 Å². The molecule has 1 fully saturated rings. The molecule has 1 aliphatic rings. The number of rotatable bonds is 7. The van der Waals surface area contributed by atoms with Crippen LogP contribution in [0, 0.1) is 5.92 Å². The Kier molecular flexibility index (Phi) is 5.01. The largest absolute Gasteiger partial charge is 0.311 e. The van der Waals surface area contributed by atoms with Gasteiger partial charge in [-0.15, -0.1) is 11.3 Å². The molecule has 1 aliphatic carbocycles. The summed E-state index contributed by atoms with van der Waals surface area (Å²) in [6.45, 7) is 2.15. The molecule has 0 aromatic carbocycles. The van der Waals surface area contributed by atoms with Crippen LogP contribution in [0.5, 0.6) is 0 Å². The molecule has 1 N–H and O–H groups in total. The summed E-state index contributed by atoms with van der Waals surface area (Å²) in [5, 5.41) is 3.48. The predicted molar refractivity (Wildman–Crippen MR) is 73.8 cm³/mol. The zero-order chi connectivity index (χ0) is 10.5. The van der Waals surface area contributed by atoms with E-state index in [0.29, 0.717) is 0 Å². The van der Waals surface area contributed by atoms with Crippen LogP contribution in [0.4, 0.5) is 0 Å². The van der Waals surface area contributed by atoms with Crippen molar-refractivity contribution in [1.29, 1.82) is 0 Å². The first kappa shape index (κ1) is 12.0. The van der Waals surface area contributed by atoms with E-state index in [1.807, 2.05) is 11.3 Å². The maximum Gasteiger partial charge on any atom is 0.0701 e. The Hall–Kier alpha value is 0.490. The quantitative estimate of drug-likeness (QED) is 0.770. The molecular formula is C11H16BrNS2. The van der Waals surface area contributed by atoms with Gasteiger partial charge in [0.15, 0.2) is 0 Å². The van der Waals surface area contributed by atoms with E-state index in [2.05, 4.69) is 45.1 Å². The zero-order valence-corrected chi connectivity index (χ0v) is 11.9. The van der Waals surface area contributed by atoms with Crippen LogP contribution in [0.15, 0.2) is 15.9 Å². The molecule has 1 aromatic rings. The van der Waals surface area contributed by atoms with Crippen molar-refractivity contribution >= 4 is 39.0 Å². The molecule has 1 aromatic heterocycles. The first-order chi connectivity index (χ1) is 7.34. The molecule has 4 heteroatoms. The number of thiophene rings is 1. The van der Waals surface area contributed by atoms with Crippen LogP contribution in [-0.2, 0) is 6.54 Å². The number of hydrogen-bond acceptors (Lipinski definition) is 3. The van der Waals surface area contributed by atoms with Crippen LogP contribution in [0.25, 0.3) is 0 Å². The molecule has 15 heavy (non-hydrogen) atoms. The monoisotopic (exact) mass is 305 g/mol. The van der Waals surface area contributed by atoms with Crippen molar-refractivity contribution in [1.82, 2.24) is 5.32 Å². The van der Waals surface area contributed by atoms with Gasteiger partial charge in [-0.2, -0.15) is 11.8 Å². The van der Waals surface area contributed by atoms with Gasteiger partial charge >= 0.3 is 0 Å². The van der Waals surface area contributed by atoms with Crippen molar-refractivity contribution in [3.8, 4) is 0 Å². The Labute approximate surface area is 108 Å². The van der Waals surface area contributed by atoms with Crippen molar-refractivity contribution in [2.75, 3.05) is 18.1 Å². The highest BCUT2D eigenvalue weighted by molar-refractivity contribution is 9.11. The van der Waals surface area contributed by atoms with Gasteiger partial charge in [0.1, 0.15) is 0 Å². The van der Waals surface area contributed by atoms with Gasteiger partial charge in [-0.05, 0) is 52.6 Å². The predicted octanol–water partition coefficient (Wildman–Crippen LogP) is 3.74. The summed E-state index contributed by atoms with van der Waals surface area (Å²) in [7, 11) is 0. The first-order valence-corrected chi connectivity index (χ1v) is 8.13. The van der Waals surface area contributed by atoms with Gasteiger partial charge in [-0.1, -0.05) is 0 Å². The fraction of sp³-hybridized carbons (Fsp3) is 0.636. The van der Waals surface area contributed by atoms with Gasteiger partial charge in [0.05, 0.1) is 3.79 Å². The fourth-order valence-corrected chi connectivity index (χ4v) is 3.91. The Morgan fingerprint density at radius 1 is 1.47 bits per heavy atom. The average molecular weight is 306 g/mol. The van der Waals surface area contributed by atoms with Crippen LogP contribution < -0.4 is 5.32 Å². The maximum atomic E-state index is 3.48. The Balaban J connectivity index is 1.47. The third-order valence-electron chi connectivity index (χ3n) is 2.40. The third-order valence-corrected chi connectivity index (χ3v) is 5.23. The minimum Gasteiger partial charge on any atom is -0.311 e. The summed E-state index contributed by atoms with van der Waals surface area (Å²) in [6, 6.07) is 4.29. The Morgan fingerprint density at radius 2 is 2.33 bits per heavy atom. The molecule has 0 radical (unpaired) electrons. The lowest BCUT2D eigenvalue weighted by Gasteiger charge is -2.02. The van der Waals surface area contributed by atoms with Crippen molar-refractivity contribution in [2.45, 2.75) is 19.4 Å². The summed E-state index contributed by atoms with van der Waals surface area (Å²) < 4.78 is 1.22. The normalized spacial score (nSPS) is 15.8. The molecule has 0 unspecified atom stereocenters. The van der Waals surface area contributed by atoms with E-state index in [-0.39, 0.29) is 0 Å². The smallest absolute Gasteiger partial charge is 0.0701 e. The number of hydrogen-bond donors (Lipinski definition) is 1. The average Bonchev–Trinajstić information content (AvgIpc) is 2.95. The van der Waals surface area contributed by atoms with E-state index < -0.39 is 0 Å². The lowest BCUT2D eigenvalue weighted by molar-refractivity contribution is 0.740. The Morgan fingerprint density at radius 3 is 3.00 bits per heavy atom. The minimum absolute atomic E-state index is 1.01.